The van der Waals surface area contributed by atoms with Crippen LogP contribution >= 0.6 is 34.9 Å². The minimum atomic E-state index is -1.33. The minimum absolute atomic E-state index is 0.0262. The Morgan fingerprint density at radius 3 is 2.70 bits per heavy atom. The first kappa shape index (κ1) is 29.9. The zero-order chi connectivity index (χ0) is 30.8. The third kappa shape index (κ3) is 6.13. The molecule has 6 N–H and O–H groups in total. The fourth-order valence-corrected chi connectivity index (χ4v) is 7.06. The first-order chi connectivity index (χ1) is 20.5. The number of hydrogen-bond acceptors (Lipinski definition) is 14. The average molecular weight is 647 g/mol. The predicted molar refractivity (Wildman–Crippen MR) is 156 cm³/mol. The van der Waals surface area contributed by atoms with Gasteiger partial charge in [0.15, 0.2) is 16.0 Å². The van der Waals surface area contributed by atoms with Gasteiger partial charge in [0.1, 0.15) is 35.2 Å². The molecule has 16 nitrogen and oxygen atoms in total. The molecule has 0 saturated carbocycles. The number of aromatic hydroxyl groups is 1. The maximum Gasteiger partial charge on any atom is 0.352 e. The molecule has 2 amide bonds. The van der Waals surface area contributed by atoms with Crippen LogP contribution < -0.4 is 22.2 Å². The third-order valence-corrected chi connectivity index (χ3v) is 9.38. The van der Waals surface area contributed by atoms with Gasteiger partial charge in [0.05, 0.1) is 0 Å². The Labute approximate surface area is 253 Å². The van der Waals surface area contributed by atoms with E-state index in [1.165, 1.54) is 36.3 Å². The minimum Gasteiger partial charge on any atom is -0.508 e. The zero-order valence-electron chi connectivity index (χ0n) is 22.0. The molecule has 43 heavy (non-hydrogen) atoms. The topological polar surface area (TPSA) is 235 Å². The summed E-state index contributed by atoms with van der Waals surface area (Å²) in [6.07, 6.45) is 0. The van der Waals surface area contributed by atoms with Gasteiger partial charge in [-0.3, -0.25) is 28.6 Å². The number of β-lactam (4-membered cyclic amide) rings is 1. The fraction of sp³-hybridized carbons (Fsp3) is 0.250. The summed E-state index contributed by atoms with van der Waals surface area (Å²) in [7, 11) is 1.37. The number of phenolic OH excluding ortho intramolecular Hbond substituents is 1. The number of fused-ring (bicyclic) bond motifs is 1. The predicted octanol–water partition coefficient (Wildman–Crippen LogP) is -0.335. The molecule has 1 aromatic carbocycles. The number of aromatic amines is 1. The van der Waals surface area contributed by atoms with Crippen molar-refractivity contribution in [3.63, 3.8) is 0 Å². The Morgan fingerprint density at radius 1 is 1.28 bits per heavy atom. The molecule has 4 heterocycles. The highest BCUT2D eigenvalue weighted by molar-refractivity contribution is 8.01. The molecular formula is C24H22N8O8S3. The van der Waals surface area contributed by atoms with Crippen molar-refractivity contribution in [2.45, 2.75) is 23.2 Å². The van der Waals surface area contributed by atoms with Gasteiger partial charge in [0, 0.05) is 23.9 Å². The number of aromatic nitrogens is 4. The summed E-state index contributed by atoms with van der Waals surface area (Å²) in [5.74, 6) is -2.37. The van der Waals surface area contributed by atoms with Crippen LogP contribution in [0.5, 0.6) is 5.75 Å². The van der Waals surface area contributed by atoms with Crippen LogP contribution in [0.4, 0.5) is 5.13 Å². The summed E-state index contributed by atoms with van der Waals surface area (Å²) in [6, 6.07) is 5.12. The lowest BCUT2D eigenvalue weighted by atomic mass is 10.0. The normalized spacial score (nSPS) is 18.2. The summed E-state index contributed by atoms with van der Waals surface area (Å²) < 4.78 is 1.05. The van der Waals surface area contributed by atoms with Gasteiger partial charge < -0.3 is 26.1 Å². The van der Waals surface area contributed by atoms with E-state index in [9.17, 15) is 34.2 Å². The van der Waals surface area contributed by atoms with Crippen molar-refractivity contribution in [2.75, 3.05) is 17.2 Å². The number of nitrogens with zero attached hydrogens (tertiary/aromatic N) is 5. The number of rotatable bonds is 10. The molecule has 2 aliphatic heterocycles. The van der Waals surface area contributed by atoms with Crippen molar-refractivity contribution in [2.24, 2.45) is 12.2 Å². The molecule has 2 aromatic heterocycles. The van der Waals surface area contributed by atoms with E-state index in [0.717, 1.165) is 32.6 Å². The van der Waals surface area contributed by atoms with Gasteiger partial charge in [-0.25, -0.2) is 14.9 Å². The smallest absolute Gasteiger partial charge is 0.352 e. The number of phenols is 1. The van der Waals surface area contributed by atoms with Crippen LogP contribution in [-0.4, -0.2) is 81.3 Å². The van der Waals surface area contributed by atoms with E-state index in [1.54, 1.807) is 12.1 Å². The molecule has 0 unspecified atom stereocenters. The molecule has 0 aliphatic carbocycles. The molecule has 19 heteroatoms. The van der Waals surface area contributed by atoms with Gasteiger partial charge in [-0.05, 0) is 23.3 Å². The lowest BCUT2D eigenvalue weighted by Gasteiger charge is -2.49. The molecule has 0 radical (unpaired) electrons. The number of amides is 2. The molecule has 3 aromatic rings. The Kier molecular flexibility index (Phi) is 8.55. The van der Waals surface area contributed by atoms with Crippen LogP contribution in [0, 0.1) is 0 Å². The number of benzene rings is 1. The first-order valence-corrected chi connectivity index (χ1v) is 15.1. The number of nitrogen functional groups attached to an aromatic ring is 1. The van der Waals surface area contributed by atoms with Crippen molar-refractivity contribution in [1.29, 1.82) is 0 Å². The highest BCUT2D eigenvalue weighted by atomic mass is 32.2. The lowest BCUT2D eigenvalue weighted by molar-refractivity contribution is -0.150. The van der Waals surface area contributed by atoms with Crippen LogP contribution in [-0.2, 0) is 32.9 Å². The molecule has 5 rings (SSSR count). The molecule has 224 valence electrons. The summed E-state index contributed by atoms with van der Waals surface area (Å²) in [6.45, 7) is -0.0262. The van der Waals surface area contributed by atoms with E-state index >= 15 is 0 Å². The SMILES string of the molecule is Cn1c(SCC2=C(C(=O)O)N3C(=O)[C@@H](NC(=O)/C(=N\OCc4ccc(O)cc4)c4csc(N)n4)[C@@H]3SC2)n[nH]c(=O)c1=O. The number of nitrogens with one attached hydrogen (secondary N) is 2. The van der Waals surface area contributed by atoms with E-state index in [0.29, 0.717) is 11.1 Å². The number of aliphatic carboxylic acids is 1. The number of carbonyl (C=O) groups is 3. The van der Waals surface area contributed by atoms with Crippen LogP contribution in [0.2, 0.25) is 0 Å². The second-order valence-electron chi connectivity index (χ2n) is 9.06. The molecular weight excluding hydrogens is 625 g/mol. The Bertz CT molecular complexity index is 1780. The number of thioether (sulfide) groups is 2. The lowest BCUT2D eigenvalue weighted by Crippen LogP contribution is -2.71. The number of thiazole rings is 1. The van der Waals surface area contributed by atoms with E-state index in [4.69, 9.17) is 10.6 Å². The van der Waals surface area contributed by atoms with Crippen molar-refractivity contribution in [3.05, 3.63) is 72.9 Å². The number of carbonyl (C=O) groups excluding carboxylic acids is 2. The van der Waals surface area contributed by atoms with Gasteiger partial charge in [-0.2, -0.15) is 0 Å². The van der Waals surface area contributed by atoms with Crippen LogP contribution in [0.1, 0.15) is 11.3 Å². The second kappa shape index (κ2) is 12.3. The number of hydrogen-bond donors (Lipinski definition) is 5. The Hall–Kier alpha value is -4.62. The summed E-state index contributed by atoms with van der Waals surface area (Å²) in [5, 5.41) is 33.0. The second-order valence-corrected chi connectivity index (χ2v) is 12.0. The van der Waals surface area contributed by atoms with Crippen LogP contribution in [0.15, 0.2) is 60.8 Å². The third-order valence-electron chi connectivity index (χ3n) is 6.25. The Morgan fingerprint density at radius 2 is 2.02 bits per heavy atom. The molecule has 2 aliphatic rings. The average Bonchev–Trinajstić information content (AvgIpc) is 3.42. The number of carboxylic acids is 1. The van der Waals surface area contributed by atoms with Gasteiger partial charge in [-0.15, -0.1) is 28.2 Å². The summed E-state index contributed by atoms with van der Waals surface area (Å²) in [5.41, 5.74) is 4.78. The standard InChI is InChI=1S/C24H22N8O8S3/c1-31-20(37)18(35)28-29-24(31)43-8-11-7-41-21-15(19(36)32(21)16(11)22(38)39)27-17(34)14(13-9-42-23(25)26-13)30-40-6-10-2-4-12(33)5-3-10/h2-5,9,15,21,33H,6-8H2,1H3,(H2,25,26)(H,27,34)(H,28,35)(H,38,39)/b30-14-/t15-,21+/m1/s1. The maximum atomic E-state index is 13.3. The molecule has 2 atom stereocenters. The highest BCUT2D eigenvalue weighted by Crippen LogP contribution is 2.41. The van der Waals surface area contributed by atoms with Crippen LogP contribution in [0.3, 0.4) is 0 Å². The van der Waals surface area contributed by atoms with Crippen molar-refractivity contribution in [1.82, 2.24) is 30.0 Å². The quantitative estimate of drug-likeness (QED) is 0.0624. The van der Waals surface area contributed by atoms with Gasteiger partial charge in [0.25, 0.3) is 11.8 Å². The van der Waals surface area contributed by atoms with Gasteiger partial charge in [-0.1, -0.05) is 29.1 Å². The molecule has 1 saturated heterocycles. The van der Waals surface area contributed by atoms with E-state index in [-0.39, 0.29) is 51.3 Å². The number of carboxylic acid groups (broad SMARTS) is 1. The first-order valence-electron chi connectivity index (χ1n) is 12.2. The zero-order valence-corrected chi connectivity index (χ0v) is 24.5. The van der Waals surface area contributed by atoms with E-state index in [2.05, 4.69) is 25.7 Å². The maximum absolute atomic E-state index is 13.3. The van der Waals surface area contributed by atoms with Crippen molar-refractivity contribution < 1.29 is 29.4 Å². The molecule has 0 spiro atoms. The van der Waals surface area contributed by atoms with Crippen molar-refractivity contribution >= 4 is 63.5 Å². The number of anilines is 1. The fourth-order valence-electron chi connectivity index (χ4n) is 4.11. The van der Waals surface area contributed by atoms with E-state index < -0.39 is 40.3 Å². The van der Waals surface area contributed by atoms with E-state index in [1.807, 2.05) is 0 Å². The number of oxime groups is 1. The monoisotopic (exact) mass is 646 g/mol. The number of H-pyrrole nitrogens is 1. The molecule has 1 fully saturated rings. The summed E-state index contributed by atoms with van der Waals surface area (Å²) >= 11 is 3.36. The van der Waals surface area contributed by atoms with Crippen LogP contribution in [0.25, 0.3) is 0 Å². The molecule has 0 bridgehead atoms. The Balaban J connectivity index is 1.30. The van der Waals surface area contributed by atoms with Gasteiger partial charge >= 0.3 is 17.1 Å². The largest absolute Gasteiger partial charge is 0.508 e. The van der Waals surface area contributed by atoms with Crippen molar-refractivity contribution in [3.8, 4) is 5.75 Å². The van der Waals surface area contributed by atoms with Gasteiger partial charge in [0.2, 0.25) is 0 Å². The highest BCUT2D eigenvalue weighted by Gasteiger charge is 2.54. The summed E-state index contributed by atoms with van der Waals surface area (Å²) in [4.78, 5) is 72.6. The number of nitrogens with two attached hydrogens (primary N) is 1.